The Balaban J connectivity index is 2.45. The van der Waals surface area contributed by atoms with E-state index in [1.54, 1.807) is 0 Å². The Hall–Kier alpha value is -0.265. The van der Waals surface area contributed by atoms with Gasteiger partial charge < -0.3 is 5.41 Å². The van der Waals surface area contributed by atoms with Crippen molar-refractivity contribution in [3.8, 4) is 0 Å². The van der Waals surface area contributed by atoms with Crippen molar-refractivity contribution in [3.05, 3.63) is 0 Å². The molecule has 1 rings (SSSR count). The van der Waals surface area contributed by atoms with Gasteiger partial charge in [-0.05, 0) is 23.9 Å². The SMILES string of the molecule is BC(=N)C1(C)CCCCCCCCCCC1. The van der Waals surface area contributed by atoms with E-state index in [1.807, 2.05) is 7.85 Å². The number of hydrogen-bond acceptors (Lipinski definition) is 1. The molecule has 92 valence electrons. The Labute approximate surface area is 102 Å². The maximum Gasteiger partial charge on any atom is 0.158 e. The van der Waals surface area contributed by atoms with Crippen molar-refractivity contribution in [1.29, 1.82) is 5.41 Å². The van der Waals surface area contributed by atoms with Crippen LogP contribution in [-0.4, -0.2) is 13.5 Å². The maximum absolute atomic E-state index is 7.98. The van der Waals surface area contributed by atoms with Gasteiger partial charge in [0.15, 0.2) is 7.85 Å². The molecular weight excluding hydrogens is 193 g/mol. The van der Waals surface area contributed by atoms with Crippen LogP contribution < -0.4 is 0 Å². The van der Waals surface area contributed by atoms with Gasteiger partial charge in [-0.2, -0.15) is 0 Å². The minimum atomic E-state index is 0.208. The highest BCUT2D eigenvalue weighted by Gasteiger charge is 2.25. The summed E-state index contributed by atoms with van der Waals surface area (Å²) in [6.07, 6.45) is 15.0. The summed E-state index contributed by atoms with van der Waals surface area (Å²) in [5, 5.41) is 7.98. The Kier molecular flexibility index (Phi) is 6.16. The van der Waals surface area contributed by atoms with Crippen molar-refractivity contribution in [2.24, 2.45) is 5.41 Å². The van der Waals surface area contributed by atoms with Crippen LogP contribution in [0.25, 0.3) is 0 Å². The van der Waals surface area contributed by atoms with E-state index in [0.29, 0.717) is 0 Å². The largest absolute Gasteiger partial charge is 0.320 e. The summed E-state index contributed by atoms with van der Waals surface area (Å²) < 4.78 is 0. The van der Waals surface area contributed by atoms with Gasteiger partial charge in [0, 0.05) is 0 Å². The summed E-state index contributed by atoms with van der Waals surface area (Å²) in [5.41, 5.74) is 1.11. The van der Waals surface area contributed by atoms with Crippen LogP contribution in [-0.2, 0) is 0 Å². The number of nitrogens with one attached hydrogen (secondary N) is 1. The quantitative estimate of drug-likeness (QED) is 0.512. The van der Waals surface area contributed by atoms with Gasteiger partial charge in [-0.25, -0.2) is 0 Å². The Bertz CT molecular complexity index is 201. The van der Waals surface area contributed by atoms with Gasteiger partial charge in [-0.1, -0.05) is 64.7 Å². The van der Waals surface area contributed by atoms with Crippen LogP contribution in [0.1, 0.15) is 77.6 Å². The zero-order valence-corrected chi connectivity index (χ0v) is 11.3. The molecule has 1 N–H and O–H groups in total. The summed E-state index contributed by atoms with van der Waals surface area (Å²) in [5.74, 6) is 0. The van der Waals surface area contributed by atoms with Gasteiger partial charge in [0.2, 0.25) is 0 Å². The molecule has 0 aromatic carbocycles. The van der Waals surface area contributed by atoms with Gasteiger partial charge in [-0.15, -0.1) is 0 Å². The van der Waals surface area contributed by atoms with Crippen molar-refractivity contribution in [3.63, 3.8) is 0 Å². The number of rotatable bonds is 1. The van der Waals surface area contributed by atoms with Crippen LogP contribution in [0.4, 0.5) is 0 Å². The molecule has 0 heterocycles. The topological polar surface area (TPSA) is 23.9 Å². The van der Waals surface area contributed by atoms with E-state index in [9.17, 15) is 0 Å². The molecule has 0 unspecified atom stereocenters. The second-order valence-corrected chi connectivity index (χ2v) is 5.87. The normalized spacial score (nSPS) is 24.1. The molecule has 1 aliphatic rings. The van der Waals surface area contributed by atoms with E-state index in [0.717, 1.165) is 5.61 Å². The van der Waals surface area contributed by atoms with E-state index >= 15 is 0 Å². The average molecular weight is 221 g/mol. The molecular formula is C14H28BN. The van der Waals surface area contributed by atoms with Crippen molar-refractivity contribution < 1.29 is 0 Å². The zero-order valence-electron chi connectivity index (χ0n) is 11.3. The third kappa shape index (κ3) is 4.72. The summed E-state index contributed by atoms with van der Waals surface area (Å²) in [7, 11) is 2.01. The van der Waals surface area contributed by atoms with E-state index < -0.39 is 0 Å². The first-order chi connectivity index (χ1) is 7.65. The molecule has 0 aromatic heterocycles. The lowest BCUT2D eigenvalue weighted by molar-refractivity contribution is 0.353. The molecule has 0 bridgehead atoms. The van der Waals surface area contributed by atoms with Gasteiger partial charge in [-0.3, -0.25) is 0 Å². The van der Waals surface area contributed by atoms with Crippen molar-refractivity contribution in [1.82, 2.24) is 0 Å². The summed E-state index contributed by atoms with van der Waals surface area (Å²) in [4.78, 5) is 0. The fraction of sp³-hybridized carbons (Fsp3) is 0.929. The molecule has 0 radical (unpaired) electrons. The zero-order chi connectivity index (χ0) is 11.9. The third-order valence-electron chi connectivity index (χ3n) is 4.36. The van der Waals surface area contributed by atoms with Crippen molar-refractivity contribution in [2.75, 3.05) is 0 Å². The van der Waals surface area contributed by atoms with Crippen LogP contribution in [0.15, 0.2) is 0 Å². The van der Waals surface area contributed by atoms with Gasteiger partial charge in [0.1, 0.15) is 0 Å². The van der Waals surface area contributed by atoms with E-state index in [4.69, 9.17) is 5.41 Å². The fourth-order valence-electron chi connectivity index (χ4n) is 2.77. The molecule has 2 heteroatoms. The highest BCUT2D eigenvalue weighted by molar-refractivity contribution is 6.60. The highest BCUT2D eigenvalue weighted by Crippen LogP contribution is 2.32. The van der Waals surface area contributed by atoms with Crippen molar-refractivity contribution >= 4 is 13.5 Å². The standard InChI is InChI=1S/C14H28BN/c1-14(13(15)16)11-9-7-5-3-2-4-6-8-10-12-14/h16H,2-12,15H2,1H3. The molecule has 16 heavy (non-hydrogen) atoms. The van der Waals surface area contributed by atoms with E-state index in [2.05, 4.69) is 6.92 Å². The second kappa shape index (κ2) is 7.14. The van der Waals surface area contributed by atoms with E-state index in [-0.39, 0.29) is 5.41 Å². The lowest BCUT2D eigenvalue weighted by atomic mass is 9.69. The van der Waals surface area contributed by atoms with Gasteiger partial charge in [0.25, 0.3) is 0 Å². The molecule has 0 amide bonds. The molecule has 1 aliphatic carbocycles. The predicted molar refractivity (Wildman–Crippen MR) is 75.2 cm³/mol. The first-order valence-electron chi connectivity index (χ1n) is 7.21. The fourth-order valence-corrected chi connectivity index (χ4v) is 2.77. The second-order valence-electron chi connectivity index (χ2n) is 5.87. The maximum atomic E-state index is 7.98. The molecule has 0 aliphatic heterocycles. The Morgan fingerprint density at radius 1 is 0.812 bits per heavy atom. The predicted octanol–water partition coefficient (Wildman–Crippen LogP) is 3.91. The average Bonchev–Trinajstić information content (AvgIpc) is 2.23. The summed E-state index contributed by atoms with van der Waals surface area (Å²) in [6.45, 7) is 2.31. The minimum absolute atomic E-state index is 0.208. The highest BCUT2D eigenvalue weighted by atomic mass is 14.5. The molecule has 1 fully saturated rings. The molecule has 0 spiro atoms. The summed E-state index contributed by atoms with van der Waals surface area (Å²) >= 11 is 0. The monoisotopic (exact) mass is 221 g/mol. The molecule has 1 nitrogen and oxygen atoms in total. The Morgan fingerprint density at radius 2 is 1.12 bits per heavy atom. The molecule has 0 saturated heterocycles. The number of hydrogen-bond donors (Lipinski definition) is 1. The first-order valence-corrected chi connectivity index (χ1v) is 7.21. The smallest absolute Gasteiger partial charge is 0.158 e. The van der Waals surface area contributed by atoms with Gasteiger partial charge >= 0.3 is 0 Å². The lowest BCUT2D eigenvalue weighted by Crippen LogP contribution is -2.27. The third-order valence-corrected chi connectivity index (χ3v) is 4.36. The lowest BCUT2D eigenvalue weighted by Gasteiger charge is -2.30. The van der Waals surface area contributed by atoms with Gasteiger partial charge in [0.05, 0.1) is 0 Å². The minimum Gasteiger partial charge on any atom is -0.320 e. The summed E-state index contributed by atoms with van der Waals surface area (Å²) in [6, 6.07) is 0. The van der Waals surface area contributed by atoms with Crippen LogP contribution in [0, 0.1) is 10.8 Å². The van der Waals surface area contributed by atoms with Crippen LogP contribution in [0.2, 0.25) is 0 Å². The Morgan fingerprint density at radius 3 is 1.44 bits per heavy atom. The van der Waals surface area contributed by atoms with Crippen molar-refractivity contribution in [2.45, 2.75) is 77.6 Å². The van der Waals surface area contributed by atoms with E-state index in [1.165, 1.54) is 70.6 Å². The first kappa shape index (κ1) is 13.8. The van der Waals surface area contributed by atoms with Crippen LogP contribution >= 0.6 is 0 Å². The molecule has 1 saturated carbocycles. The van der Waals surface area contributed by atoms with Crippen LogP contribution in [0.3, 0.4) is 0 Å². The van der Waals surface area contributed by atoms with Crippen LogP contribution in [0.5, 0.6) is 0 Å². The molecule has 0 atom stereocenters. The molecule has 0 aromatic rings.